The highest BCUT2D eigenvalue weighted by Gasteiger charge is 2.24. The molecule has 0 amide bonds. The van der Waals surface area contributed by atoms with Crippen LogP contribution in [-0.2, 0) is 5.41 Å². The minimum atomic E-state index is -0.443. The minimum Gasteiger partial charge on any atom is -0.320 e. The number of benzene rings is 2. The Balaban J connectivity index is 2.59. The molecule has 0 aliphatic carbocycles. The Bertz CT molecular complexity index is 630. The summed E-state index contributed by atoms with van der Waals surface area (Å²) in [6, 6.07) is 11.2. The number of hydrogen-bond acceptors (Lipinski definition) is 1. The zero-order valence-corrected chi connectivity index (χ0v) is 13.5. The van der Waals surface area contributed by atoms with Gasteiger partial charge in [-0.3, -0.25) is 0 Å². The molecule has 1 unspecified atom stereocenters. The zero-order valence-electron chi connectivity index (χ0n) is 13.5. The van der Waals surface area contributed by atoms with Crippen LogP contribution in [0.5, 0.6) is 0 Å². The molecule has 1 atom stereocenters. The van der Waals surface area contributed by atoms with Crippen molar-refractivity contribution < 1.29 is 4.39 Å². The van der Waals surface area contributed by atoms with Crippen LogP contribution < -0.4 is 5.73 Å². The third-order valence-electron chi connectivity index (χ3n) is 3.90. The van der Waals surface area contributed by atoms with Gasteiger partial charge >= 0.3 is 0 Å². The van der Waals surface area contributed by atoms with E-state index in [0.717, 1.165) is 22.3 Å². The zero-order chi connectivity index (χ0) is 15.8. The van der Waals surface area contributed by atoms with E-state index in [0.29, 0.717) is 5.56 Å². The minimum absolute atomic E-state index is 0.0245. The smallest absolute Gasteiger partial charge is 0.128 e. The summed E-state index contributed by atoms with van der Waals surface area (Å²) < 4.78 is 14.4. The molecule has 1 nitrogen and oxygen atoms in total. The van der Waals surface area contributed by atoms with Crippen molar-refractivity contribution in [2.45, 2.75) is 46.1 Å². The Labute approximate surface area is 127 Å². The van der Waals surface area contributed by atoms with Gasteiger partial charge in [-0.15, -0.1) is 0 Å². The second-order valence-corrected chi connectivity index (χ2v) is 6.79. The summed E-state index contributed by atoms with van der Waals surface area (Å²) in [5, 5.41) is 0. The number of rotatable bonds is 2. The highest BCUT2D eigenvalue weighted by Crippen LogP contribution is 2.33. The summed E-state index contributed by atoms with van der Waals surface area (Å²) in [4.78, 5) is 0. The van der Waals surface area contributed by atoms with Gasteiger partial charge in [-0.25, -0.2) is 4.39 Å². The predicted molar refractivity (Wildman–Crippen MR) is 87.0 cm³/mol. The van der Waals surface area contributed by atoms with Crippen LogP contribution in [-0.4, -0.2) is 0 Å². The van der Waals surface area contributed by atoms with Gasteiger partial charge in [0.25, 0.3) is 0 Å². The van der Waals surface area contributed by atoms with E-state index in [9.17, 15) is 4.39 Å². The van der Waals surface area contributed by atoms with E-state index in [1.54, 1.807) is 6.07 Å². The molecule has 2 rings (SSSR count). The van der Waals surface area contributed by atoms with Crippen LogP contribution >= 0.6 is 0 Å². The summed E-state index contributed by atoms with van der Waals surface area (Å²) in [5.41, 5.74) is 11.0. The fourth-order valence-electron chi connectivity index (χ4n) is 2.93. The fraction of sp³-hybridized carbons (Fsp3) is 0.368. The summed E-state index contributed by atoms with van der Waals surface area (Å²) in [6.45, 7) is 10.3. The second kappa shape index (κ2) is 5.61. The van der Waals surface area contributed by atoms with Crippen molar-refractivity contribution in [1.82, 2.24) is 0 Å². The molecule has 0 spiro atoms. The van der Waals surface area contributed by atoms with Gasteiger partial charge in [-0.1, -0.05) is 51.1 Å². The van der Waals surface area contributed by atoms with Gasteiger partial charge in [0.2, 0.25) is 0 Å². The van der Waals surface area contributed by atoms with Crippen molar-refractivity contribution in [1.29, 1.82) is 0 Å². The highest BCUT2D eigenvalue weighted by atomic mass is 19.1. The molecule has 0 radical (unpaired) electrons. The van der Waals surface area contributed by atoms with Crippen molar-refractivity contribution in [3.05, 3.63) is 70.0 Å². The first kappa shape index (κ1) is 15.7. The molecule has 0 fully saturated rings. The van der Waals surface area contributed by atoms with Crippen molar-refractivity contribution in [3.8, 4) is 0 Å². The van der Waals surface area contributed by atoms with Gasteiger partial charge in [-0.05, 0) is 47.6 Å². The van der Waals surface area contributed by atoms with E-state index >= 15 is 0 Å². The van der Waals surface area contributed by atoms with Crippen molar-refractivity contribution in [2.75, 3.05) is 0 Å². The average molecular weight is 285 g/mol. The number of aryl methyl sites for hydroxylation is 2. The second-order valence-electron chi connectivity index (χ2n) is 6.79. The lowest BCUT2D eigenvalue weighted by Crippen LogP contribution is -2.22. The van der Waals surface area contributed by atoms with Crippen LogP contribution in [0.15, 0.2) is 36.4 Å². The quantitative estimate of drug-likeness (QED) is 0.843. The van der Waals surface area contributed by atoms with Gasteiger partial charge in [0.1, 0.15) is 5.82 Å². The number of halogens is 1. The monoisotopic (exact) mass is 285 g/mol. The molecule has 0 aliphatic heterocycles. The molecule has 0 bridgehead atoms. The van der Waals surface area contributed by atoms with E-state index in [2.05, 4.69) is 26.8 Å². The van der Waals surface area contributed by atoms with Gasteiger partial charge in [0, 0.05) is 5.56 Å². The molecular formula is C19H24FN. The van der Waals surface area contributed by atoms with E-state index < -0.39 is 6.04 Å². The van der Waals surface area contributed by atoms with E-state index in [1.165, 1.54) is 0 Å². The van der Waals surface area contributed by atoms with Crippen LogP contribution in [0.3, 0.4) is 0 Å². The SMILES string of the molecule is Cc1cc(C)c(C(N)c2ccccc2C(C)(C)C)c(F)c1. The Morgan fingerprint density at radius 3 is 2.24 bits per heavy atom. The van der Waals surface area contributed by atoms with E-state index in [1.807, 2.05) is 38.1 Å². The molecule has 2 heteroatoms. The Morgan fingerprint density at radius 1 is 1.05 bits per heavy atom. The van der Waals surface area contributed by atoms with Crippen LogP contribution in [0.2, 0.25) is 0 Å². The normalized spacial score (nSPS) is 13.3. The molecule has 0 aliphatic rings. The molecule has 112 valence electrons. The first-order chi connectivity index (χ1) is 9.71. The lowest BCUT2D eigenvalue weighted by atomic mass is 9.80. The standard InChI is InChI=1S/C19H24FN/c1-12-10-13(2)17(16(20)11-12)18(21)14-8-6-7-9-15(14)19(3,4)5/h6-11,18H,21H2,1-5H3. The van der Waals surface area contributed by atoms with Gasteiger partial charge in [0.15, 0.2) is 0 Å². The van der Waals surface area contributed by atoms with Gasteiger partial charge in [0.05, 0.1) is 6.04 Å². The van der Waals surface area contributed by atoms with Crippen LogP contribution in [0, 0.1) is 19.7 Å². The maximum absolute atomic E-state index is 14.4. The summed E-state index contributed by atoms with van der Waals surface area (Å²) in [6.07, 6.45) is 0. The summed E-state index contributed by atoms with van der Waals surface area (Å²) >= 11 is 0. The van der Waals surface area contributed by atoms with Crippen LogP contribution in [0.1, 0.15) is 54.6 Å². The molecular weight excluding hydrogens is 261 g/mol. The summed E-state index contributed by atoms with van der Waals surface area (Å²) in [5.74, 6) is -0.219. The Hall–Kier alpha value is -1.67. The van der Waals surface area contributed by atoms with Crippen molar-refractivity contribution >= 4 is 0 Å². The fourth-order valence-corrected chi connectivity index (χ4v) is 2.93. The van der Waals surface area contributed by atoms with E-state index in [4.69, 9.17) is 5.73 Å². The molecule has 0 aromatic heterocycles. The third kappa shape index (κ3) is 3.16. The largest absolute Gasteiger partial charge is 0.320 e. The summed E-state index contributed by atoms with van der Waals surface area (Å²) in [7, 11) is 0. The predicted octanol–water partition coefficient (Wildman–Crippen LogP) is 4.79. The van der Waals surface area contributed by atoms with Crippen LogP contribution in [0.4, 0.5) is 4.39 Å². The van der Waals surface area contributed by atoms with E-state index in [-0.39, 0.29) is 11.2 Å². The average Bonchev–Trinajstić information content (AvgIpc) is 2.36. The highest BCUT2D eigenvalue weighted by molar-refractivity contribution is 5.44. The Kier molecular flexibility index (Phi) is 4.20. The first-order valence-corrected chi connectivity index (χ1v) is 7.33. The molecule has 2 N–H and O–H groups in total. The van der Waals surface area contributed by atoms with Gasteiger partial charge in [-0.2, -0.15) is 0 Å². The van der Waals surface area contributed by atoms with Crippen molar-refractivity contribution in [3.63, 3.8) is 0 Å². The molecule has 0 heterocycles. The first-order valence-electron chi connectivity index (χ1n) is 7.33. The molecule has 0 saturated heterocycles. The maximum Gasteiger partial charge on any atom is 0.128 e. The lowest BCUT2D eigenvalue weighted by Gasteiger charge is -2.27. The third-order valence-corrected chi connectivity index (χ3v) is 3.90. The van der Waals surface area contributed by atoms with Gasteiger partial charge < -0.3 is 5.73 Å². The topological polar surface area (TPSA) is 26.0 Å². The molecule has 2 aromatic rings. The van der Waals surface area contributed by atoms with Crippen LogP contribution in [0.25, 0.3) is 0 Å². The van der Waals surface area contributed by atoms with Crippen molar-refractivity contribution in [2.24, 2.45) is 5.73 Å². The Morgan fingerprint density at radius 2 is 1.67 bits per heavy atom. The number of hydrogen-bond donors (Lipinski definition) is 1. The molecule has 2 aromatic carbocycles. The lowest BCUT2D eigenvalue weighted by molar-refractivity contribution is 0.567. The molecule has 21 heavy (non-hydrogen) atoms. The maximum atomic E-state index is 14.4. The molecule has 0 saturated carbocycles. The number of nitrogens with two attached hydrogens (primary N) is 1.